The maximum Gasteiger partial charge on any atom is 0.323 e. The van der Waals surface area contributed by atoms with E-state index < -0.39 is 5.97 Å². The van der Waals surface area contributed by atoms with Crippen molar-refractivity contribution in [2.75, 3.05) is 6.61 Å². The van der Waals surface area contributed by atoms with Gasteiger partial charge in [0.1, 0.15) is 6.54 Å². The first-order valence-electron chi connectivity index (χ1n) is 8.79. The average Bonchev–Trinajstić information content (AvgIpc) is 2.59. The summed E-state index contributed by atoms with van der Waals surface area (Å²) in [6.45, 7) is 8.06. The van der Waals surface area contributed by atoms with Gasteiger partial charge < -0.3 is 14.4 Å². The van der Waals surface area contributed by atoms with E-state index in [2.05, 4.69) is 20.8 Å². The third-order valence-corrected chi connectivity index (χ3v) is 4.88. The van der Waals surface area contributed by atoms with Gasteiger partial charge in [-0.3, -0.25) is 9.59 Å². The minimum Gasteiger partial charge on any atom is -0.490 e. The van der Waals surface area contributed by atoms with Crippen LogP contribution in [0.25, 0.3) is 21.8 Å². The summed E-state index contributed by atoms with van der Waals surface area (Å²) in [6.07, 6.45) is 0. The Morgan fingerprint density at radius 3 is 2.44 bits per heavy atom. The topological polar surface area (TPSA) is 68.5 Å². The van der Waals surface area contributed by atoms with E-state index in [-0.39, 0.29) is 17.4 Å². The van der Waals surface area contributed by atoms with Gasteiger partial charge in [-0.2, -0.15) is 0 Å². The van der Waals surface area contributed by atoms with E-state index in [0.29, 0.717) is 39.2 Å². The molecule has 6 heteroatoms. The van der Waals surface area contributed by atoms with Crippen LogP contribution in [-0.4, -0.2) is 22.2 Å². The van der Waals surface area contributed by atoms with Crippen molar-refractivity contribution in [2.24, 2.45) is 0 Å². The lowest BCUT2D eigenvalue weighted by Gasteiger charge is -2.22. The van der Waals surface area contributed by atoms with Gasteiger partial charge in [0.2, 0.25) is 0 Å². The summed E-state index contributed by atoms with van der Waals surface area (Å²) in [5.74, 6) is -0.678. The number of carboxylic acid groups (broad SMARTS) is 1. The number of pyridine rings is 1. The quantitative estimate of drug-likeness (QED) is 0.665. The minimum absolute atomic E-state index is 0.148. The van der Waals surface area contributed by atoms with Crippen molar-refractivity contribution in [1.82, 2.24) is 4.57 Å². The molecule has 0 saturated heterocycles. The van der Waals surface area contributed by atoms with Gasteiger partial charge in [0.05, 0.1) is 28.0 Å². The first kappa shape index (κ1) is 19.2. The summed E-state index contributed by atoms with van der Waals surface area (Å²) in [7, 11) is 0. The second kappa shape index (κ2) is 6.89. The summed E-state index contributed by atoms with van der Waals surface area (Å²) < 4.78 is 7.30. The van der Waals surface area contributed by atoms with Crippen LogP contribution >= 0.6 is 11.6 Å². The third kappa shape index (κ3) is 3.39. The highest BCUT2D eigenvalue weighted by molar-refractivity contribution is 6.33. The van der Waals surface area contributed by atoms with Crippen molar-refractivity contribution in [3.05, 3.63) is 51.1 Å². The van der Waals surface area contributed by atoms with Crippen LogP contribution in [-0.2, 0) is 16.8 Å². The third-order valence-electron chi connectivity index (χ3n) is 4.58. The zero-order chi connectivity index (χ0) is 19.9. The smallest absolute Gasteiger partial charge is 0.323 e. The highest BCUT2D eigenvalue weighted by Crippen LogP contribution is 2.35. The number of aliphatic carboxylic acids is 1. The van der Waals surface area contributed by atoms with Crippen LogP contribution in [0.1, 0.15) is 33.3 Å². The molecule has 2 aromatic carbocycles. The average molecular weight is 388 g/mol. The number of carbonyl (C=O) groups is 1. The van der Waals surface area contributed by atoms with Crippen molar-refractivity contribution in [3.8, 4) is 5.75 Å². The number of nitrogens with zero attached hydrogens (tertiary/aromatic N) is 1. The van der Waals surface area contributed by atoms with Gasteiger partial charge in [0.25, 0.3) is 0 Å². The molecule has 0 atom stereocenters. The van der Waals surface area contributed by atoms with Crippen LogP contribution in [0.3, 0.4) is 0 Å². The molecule has 1 N–H and O–H groups in total. The van der Waals surface area contributed by atoms with Crippen LogP contribution < -0.4 is 10.2 Å². The van der Waals surface area contributed by atoms with Crippen molar-refractivity contribution in [2.45, 2.75) is 39.7 Å². The van der Waals surface area contributed by atoms with Crippen molar-refractivity contribution in [1.29, 1.82) is 0 Å². The highest BCUT2D eigenvalue weighted by atomic mass is 35.5. The molecule has 0 bridgehead atoms. The summed E-state index contributed by atoms with van der Waals surface area (Å²) in [5.41, 5.74) is 1.66. The van der Waals surface area contributed by atoms with Crippen LogP contribution in [0.4, 0.5) is 0 Å². The number of aromatic nitrogens is 1. The molecule has 0 saturated carbocycles. The van der Waals surface area contributed by atoms with Crippen molar-refractivity contribution in [3.63, 3.8) is 0 Å². The van der Waals surface area contributed by atoms with E-state index >= 15 is 0 Å². The van der Waals surface area contributed by atoms with E-state index in [0.717, 1.165) is 5.56 Å². The fraction of sp³-hybridized carbons (Fsp3) is 0.333. The molecule has 0 fully saturated rings. The highest BCUT2D eigenvalue weighted by Gasteiger charge is 2.21. The van der Waals surface area contributed by atoms with Gasteiger partial charge in [-0.1, -0.05) is 38.4 Å². The molecule has 0 unspecified atom stereocenters. The SMILES string of the molecule is CCOc1c(Cl)ccc2c(=O)c3ccc(C(C)(C)C)cc3n(CC(=O)O)c12. The summed E-state index contributed by atoms with van der Waals surface area (Å²) >= 11 is 6.31. The van der Waals surface area contributed by atoms with Crippen LogP contribution in [0.5, 0.6) is 5.75 Å². The second-order valence-corrected chi connectivity index (χ2v) is 7.90. The lowest BCUT2D eigenvalue weighted by Crippen LogP contribution is -2.18. The minimum atomic E-state index is -1.01. The maximum absolute atomic E-state index is 13.1. The fourth-order valence-corrected chi connectivity index (χ4v) is 3.46. The first-order chi connectivity index (χ1) is 12.6. The number of hydrogen-bond acceptors (Lipinski definition) is 3. The lowest BCUT2D eigenvalue weighted by molar-refractivity contribution is -0.137. The zero-order valence-corrected chi connectivity index (χ0v) is 16.6. The number of hydrogen-bond donors (Lipinski definition) is 1. The van der Waals surface area contributed by atoms with Crippen molar-refractivity contribution >= 4 is 39.4 Å². The van der Waals surface area contributed by atoms with Crippen LogP contribution in [0.2, 0.25) is 5.02 Å². The number of halogens is 1. The van der Waals surface area contributed by atoms with E-state index in [1.165, 1.54) is 0 Å². The van der Waals surface area contributed by atoms with Gasteiger partial charge in [0, 0.05) is 5.39 Å². The molecule has 0 amide bonds. The fourth-order valence-electron chi connectivity index (χ4n) is 3.26. The molecule has 1 heterocycles. The van der Waals surface area contributed by atoms with E-state index in [4.69, 9.17) is 16.3 Å². The Morgan fingerprint density at radius 1 is 1.19 bits per heavy atom. The Labute approximate surface area is 162 Å². The van der Waals surface area contributed by atoms with Crippen LogP contribution in [0, 0.1) is 0 Å². The maximum atomic E-state index is 13.1. The molecular formula is C21H22ClNO4. The van der Waals surface area contributed by atoms with Gasteiger partial charge in [-0.25, -0.2) is 0 Å². The number of ether oxygens (including phenoxy) is 1. The molecule has 3 rings (SSSR count). The zero-order valence-electron chi connectivity index (χ0n) is 15.8. The largest absolute Gasteiger partial charge is 0.490 e. The Bertz CT molecular complexity index is 1110. The Balaban J connectivity index is 2.57. The molecule has 0 spiro atoms. The number of carboxylic acids is 1. The van der Waals surface area contributed by atoms with Crippen molar-refractivity contribution < 1.29 is 14.6 Å². The molecule has 1 aromatic heterocycles. The molecule has 0 aliphatic carbocycles. The van der Waals surface area contributed by atoms with Gasteiger partial charge in [-0.15, -0.1) is 0 Å². The predicted octanol–water partition coefficient (Wildman–Crippen LogP) is 4.59. The van der Waals surface area contributed by atoms with Gasteiger partial charge in [0.15, 0.2) is 11.2 Å². The van der Waals surface area contributed by atoms with E-state index in [9.17, 15) is 14.7 Å². The normalized spacial score (nSPS) is 11.9. The number of fused-ring (bicyclic) bond motifs is 2. The molecular weight excluding hydrogens is 366 g/mol. The molecule has 27 heavy (non-hydrogen) atoms. The van der Waals surface area contributed by atoms with E-state index in [1.54, 1.807) is 22.8 Å². The van der Waals surface area contributed by atoms with Gasteiger partial charge in [-0.05, 0) is 42.2 Å². The molecule has 5 nitrogen and oxygen atoms in total. The Hall–Kier alpha value is -2.53. The molecule has 0 aliphatic rings. The van der Waals surface area contributed by atoms with Gasteiger partial charge >= 0.3 is 5.97 Å². The molecule has 0 aliphatic heterocycles. The Kier molecular flexibility index (Phi) is 4.91. The summed E-state index contributed by atoms with van der Waals surface area (Å²) in [6, 6.07) is 8.80. The molecule has 0 radical (unpaired) electrons. The van der Waals surface area contributed by atoms with E-state index in [1.807, 2.05) is 19.1 Å². The first-order valence-corrected chi connectivity index (χ1v) is 9.16. The standard InChI is InChI=1S/C21H22ClNO4/c1-5-27-20-15(22)9-8-14-18(20)23(11-17(24)25)16-10-12(21(2,3)4)6-7-13(16)19(14)26/h6-10H,5,11H2,1-4H3,(H,24,25). The number of rotatable bonds is 4. The Morgan fingerprint density at radius 2 is 1.85 bits per heavy atom. The predicted molar refractivity (Wildman–Crippen MR) is 108 cm³/mol. The number of benzene rings is 2. The lowest BCUT2D eigenvalue weighted by atomic mass is 9.86. The molecule has 142 valence electrons. The monoisotopic (exact) mass is 387 g/mol. The summed E-state index contributed by atoms with van der Waals surface area (Å²) in [5, 5.41) is 10.7. The van der Waals surface area contributed by atoms with Crippen LogP contribution in [0.15, 0.2) is 35.1 Å². The molecule has 3 aromatic rings. The second-order valence-electron chi connectivity index (χ2n) is 7.50. The summed E-state index contributed by atoms with van der Waals surface area (Å²) in [4.78, 5) is 24.7.